The number of carbonyl (C=O) groups is 1. The number of hydrogen-bond acceptors (Lipinski definition) is 4. The van der Waals surface area contributed by atoms with Crippen LogP contribution in [0.2, 0.25) is 0 Å². The summed E-state index contributed by atoms with van der Waals surface area (Å²) in [6.07, 6.45) is 0.367. The largest absolute Gasteiger partial charge is 0.458 e. The number of hydrogen-bond donors (Lipinski definition) is 0. The molecule has 0 bridgehead atoms. The highest BCUT2D eigenvalue weighted by atomic mass is 19.1. The Hall–Kier alpha value is -1.91. The lowest BCUT2D eigenvalue weighted by atomic mass is 10.1. The molecule has 1 aliphatic heterocycles. The summed E-state index contributed by atoms with van der Waals surface area (Å²) < 4.78 is 18.5. The fourth-order valence-electron chi connectivity index (χ4n) is 1.69. The van der Waals surface area contributed by atoms with Crippen LogP contribution in [-0.2, 0) is 9.57 Å². The van der Waals surface area contributed by atoms with Crippen LogP contribution in [0, 0.1) is 12.7 Å². The van der Waals surface area contributed by atoms with Gasteiger partial charge in [-0.05, 0) is 31.5 Å². The molecule has 4 nitrogen and oxygen atoms in total. The summed E-state index contributed by atoms with van der Waals surface area (Å²) in [5.41, 5.74) is 1.56. The summed E-state index contributed by atoms with van der Waals surface area (Å²) in [5.74, 6) is -1.25. The van der Waals surface area contributed by atoms with Crippen molar-refractivity contribution in [3.63, 3.8) is 0 Å². The predicted molar refractivity (Wildman–Crippen MR) is 64.0 cm³/mol. The Labute approximate surface area is 104 Å². The first-order valence-corrected chi connectivity index (χ1v) is 5.69. The van der Waals surface area contributed by atoms with Crippen LogP contribution in [0.25, 0.3) is 0 Å². The fourth-order valence-corrected chi connectivity index (χ4v) is 1.69. The molecule has 1 unspecified atom stereocenters. The maximum atomic E-state index is 13.5. The van der Waals surface area contributed by atoms with E-state index in [2.05, 4.69) is 5.16 Å². The maximum absolute atomic E-state index is 13.5. The van der Waals surface area contributed by atoms with Gasteiger partial charge in [0.15, 0.2) is 6.10 Å². The zero-order chi connectivity index (χ0) is 13.1. The average Bonchev–Trinajstić information content (AvgIpc) is 2.72. The highest BCUT2D eigenvalue weighted by Gasteiger charge is 2.21. The molecule has 0 radical (unpaired) electrons. The lowest BCUT2D eigenvalue weighted by Gasteiger charge is -2.09. The van der Waals surface area contributed by atoms with Gasteiger partial charge in [0, 0.05) is 6.42 Å². The molecule has 0 saturated carbocycles. The van der Waals surface area contributed by atoms with Gasteiger partial charge in [-0.3, -0.25) is 0 Å². The molecule has 0 fully saturated rings. The SMILES string of the molecule is CC1=NOC(COC(=O)c2ccc(C)cc2F)C1. The number of rotatable bonds is 3. The Balaban J connectivity index is 1.92. The zero-order valence-corrected chi connectivity index (χ0v) is 10.3. The van der Waals surface area contributed by atoms with Gasteiger partial charge >= 0.3 is 5.97 Å². The number of carbonyl (C=O) groups excluding carboxylic acids is 1. The van der Waals surface area contributed by atoms with Crippen LogP contribution in [0.1, 0.15) is 29.3 Å². The number of halogens is 1. The highest BCUT2D eigenvalue weighted by Crippen LogP contribution is 2.14. The van der Waals surface area contributed by atoms with Crippen molar-refractivity contribution in [3.05, 3.63) is 35.1 Å². The maximum Gasteiger partial charge on any atom is 0.341 e. The number of oxime groups is 1. The third-order valence-corrected chi connectivity index (χ3v) is 2.63. The Kier molecular flexibility index (Phi) is 3.60. The molecule has 1 aromatic rings. The van der Waals surface area contributed by atoms with Crippen LogP contribution in [0.4, 0.5) is 4.39 Å². The Morgan fingerprint density at radius 3 is 2.94 bits per heavy atom. The summed E-state index contributed by atoms with van der Waals surface area (Å²) >= 11 is 0. The van der Waals surface area contributed by atoms with E-state index in [1.807, 2.05) is 6.92 Å². The molecular weight excluding hydrogens is 237 g/mol. The van der Waals surface area contributed by atoms with Gasteiger partial charge in [0.25, 0.3) is 0 Å². The molecule has 0 aromatic heterocycles. The highest BCUT2D eigenvalue weighted by molar-refractivity contribution is 5.89. The summed E-state index contributed by atoms with van der Waals surface area (Å²) in [6.45, 7) is 3.67. The molecule has 0 aliphatic carbocycles. The van der Waals surface area contributed by atoms with Crippen molar-refractivity contribution in [1.29, 1.82) is 0 Å². The normalized spacial score (nSPS) is 18.2. The van der Waals surface area contributed by atoms with E-state index in [1.165, 1.54) is 12.1 Å². The summed E-state index contributed by atoms with van der Waals surface area (Å²) in [4.78, 5) is 16.7. The van der Waals surface area contributed by atoms with Crippen LogP contribution in [0.5, 0.6) is 0 Å². The minimum absolute atomic E-state index is 0.0590. The van der Waals surface area contributed by atoms with Crippen molar-refractivity contribution in [2.24, 2.45) is 5.16 Å². The van der Waals surface area contributed by atoms with E-state index in [0.29, 0.717) is 6.42 Å². The second-order valence-corrected chi connectivity index (χ2v) is 4.34. The van der Waals surface area contributed by atoms with Gasteiger partial charge in [0.05, 0.1) is 11.3 Å². The van der Waals surface area contributed by atoms with Crippen LogP contribution in [0.15, 0.2) is 23.4 Å². The van der Waals surface area contributed by atoms with E-state index in [9.17, 15) is 9.18 Å². The molecule has 0 N–H and O–H groups in total. The van der Waals surface area contributed by atoms with Crippen LogP contribution in [0.3, 0.4) is 0 Å². The van der Waals surface area contributed by atoms with E-state index in [4.69, 9.17) is 9.57 Å². The third-order valence-electron chi connectivity index (χ3n) is 2.63. The minimum atomic E-state index is -0.680. The van der Waals surface area contributed by atoms with Crippen molar-refractivity contribution in [2.45, 2.75) is 26.4 Å². The van der Waals surface area contributed by atoms with Gasteiger partial charge in [0.2, 0.25) is 0 Å². The molecule has 96 valence electrons. The lowest BCUT2D eigenvalue weighted by Crippen LogP contribution is -2.19. The first-order chi connectivity index (χ1) is 8.56. The number of ether oxygens (including phenoxy) is 1. The number of aryl methyl sites for hydroxylation is 1. The van der Waals surface area contributed by atoms with E-state index in [1.54, 1.807) is 13.0 Å². The minimum Gasteiger partial charge on any atom is -0.458 e. The number of esters is 1. The molecule has 2 rings (SSSR count). The van der Waals surface area contributed by atoms with Crippen LogP contribution in [-0.4, -0.2) is 24.4 Å². The van der Waals surface area contributed by atoms with E-state index >= 15 is 0 Å². The van der Waals surface area contributed by atoms with E-state index in [-0.39, 0.29) is 18.3 Å². The standard InChI is InChI=1S/C13H14FNO3/c1-8-3-4-11(12(14)5-8)13(16)17-7-10-6-9(2)15-18-10/h3-5,10H,6-7H2,1-2H3. The smallest absolute Gasteiger partial charge is 0.341 e. The molecule has 0 spiro atoms. The fraction of sp³-hybridized carbons (Fsp3) is 0.385. The summed E-state index contributed by atoms with van der Waals surface area (Å²) in [5, 5.41) is 3.75. The first kappa shape index (κ1) is 12.5. The van der Waals surface area contributed by atoms with Crippen LogP contribution >= 0.6 is 0 Å². The molecule has 5 heteroatoms. The van der Waals surface area contributed by atoms with Gasteiger partial charge < -0.3 is 9.57 Å². The average molecular weight is 251 g/mol. The Morgan fingerprint density at radius 1 is 1.56 bits per heavy atom. The van der Waals surface area contributed by atoms with Gasteiger partial charge in [-0.2, -0.15) is 0 Å². The third kappa shape index (κ3) is 2.85. The van der Waals surface area contributed by atoms with Gasteiger partial charge in [-0.25, -0.2) is 9.18 Å². The first-order valence-electron chi connectivity index (χ1n) is 5.69. The molecular formula is C13H14FNO3. The predicted octanol–water partition coefficient (Wildman–Crippen LogP) is 2.46. The molecule has 18 heavy (non-hydrogen) atoms. The quantitative estimate of drug-likeness (QED) is 0.775. The lowest BCUT2D eigenvalue weighted by molar-refractivity contribution is 0.00654. The van der Waals surface area contributed by atoms with Crippen molar-refractivity contribution in [2.75, 3.05) is 6.61 Å². The van der Waals surface area contributed by atoms with Crippen molar-refractivity contribution >= 4 is 11.7 Å². The molecule has 1 heterocycles. The van der Waals surface area contributed by atoms with Crippen LogP contribution < -0.4 is 0 Å². The number of nitrogens with zero attached hydrogens (tertiary/aromatic N) is 1. The van der Waals surface area contributed by atoms with E-state index < -0.39 is 11.8 Å². The van der Waals surface area contributed by atoms with Gasteiger partial charge in [0.1, 0.15) is 12.4 Å². The molecule has 0 saturated heterocycles. The molecule has 1 aliphatic rings. The molecule has 0 amide bonds. The second kappa shape index (κ2) is 5.16. The monoisotopic (exact) mass is 251 g/mol. The summed E-state index contributed by atoms with van der Waals surface area (Å²) in [7, 11) is 0. The zero-order valence-electron chi connectivity index (χ0n) is 10.3. The molecule has 1 aromatic carbocycles. The second-order valence-electron chi connectivity index (χ2n) is 4.34. The molecule has 1 atom stereocenters. The van der Waals surface area contributed by atoms with Gasteiger partial charge in [-0.15, -0.1) is 0 Å². The van der Waals surface area contributed by atoms with Crippen molar-refractivity contribution in [1.82, 2.24) is 0 Å². The summed E-state index contributed by atoms with van der Waals surface area (Å²) in [6, 6.07) is 4.39. The topological polar surface area (TPSA) is 47.9 Å². The number of benzene rings is 1. The van der Waals surface area contributed by atoms with Crippen molar-refractivity contribution in [3.8, 4) is 0 Å². The van der Waals surface area contributed by atoms with Crippen molar-refractivity contribution < 1.29 is 18.8 Å². The van der Waals surface area contributed by atoms with E-state index in [0.717, 1.165) is 11.3 Å². The van der Waals surface area contributed by atoms with Gasteiger partial charge in [-0.1, -0.05) is 11.2 Å². The Bertz CT molecular complexity index is 499. The Morgan fingerprint density at radius 2 is 2.33 bits per heavy atom.